The number of H-pyrrole nitrogens is 1. The molecule has 1 N–H and O–H groups in total. The van der Waals surface area contributed by atoms with Crippen molar-refractivity contribution >= 4 is 34.0 Å². The summed E-state index contributed by atoms with van der Waals surface area (Å²) in [6.07, 6.45) is 0. The van der Waals surface area contributed by atoms with Crippen LogP contribution in [0.15, 0.2) is 54.1 Å². The minimum absolute atomic E-state index is 0.102. The summed E-state index contributed by atoms with van der Waals surface area (Å²) in [4.78, 5) is 16.0. The summed E-state index contributed by atoms with van der Waals surface area (Å²) in [5.74, 6) is -0.832. The van der Waals surface area contributed by atoms with E-state index in [1.165, 1.54) is 25.1 Å². The molecule has 0 saturated carbocycles. The zero-order chi connectivity index (χ0) is 18.5. The number of benzene rings is 2. The molecule has 1 unspecified atom stereocenters. The molecule has 4 nitrogen and oxygen atoms in total. The van der Waals surface area contributed by atoms with E-state index in [4.69, 9.17) is 16.3 Å². The van der Waals surface area contributed by atoms with E-state index in [-0.39, 0.29) is 11.3 Å². The number of hydrogen-bond donors (Lipinski definition) is 1. The number of aromatic amines is 1. The lowest BCUT2D eigenvalue weighted by Gasteiger charge is -2.24. The van der Waals surface area contributed by atoms with Crippen molar-refractivity contribution in [2.75, 3.05) is 0 Å². The lowest BCUT2D eigenvalue weighted by atomic mass is 9.89. The van der Waals surface area contributed by atoms with Gasteiger partial charge in [0.1, 0.15) is 17.5 Å². The number of ether oxygens (including phenoxy) is 1. The number of nitrogens with one attached hydrogen (secondary N) is 1. The standard InChI is InChI=1S/C20H12ClFN2O2/c1-20(12-3-2-4-14(22)9-12)19(25)15(10-23)18(26-20)17-8-11-7-13(21)5-6-16(11)24-17/h2-9,24H,1H3. The SMILES string of the molecule is CC1(c2cccc(F)c2)OC(c2cc3cc(Cl)ccc3[nH]2)=C(C#N)C1=O. The molecule has 4 rings (SSSR count). The third-order valence-corrected chi connectivity index (χ3v) is 4.74. The van der Waals surface area contributed by atoms with Gasteiger partial charge in [-0.1, -0.05) is 23.7 Å². The van der Waals surface area contributed by atoms with Crippen LogP contribution in [0.25, 0.3) is 16.7 Å². The molecule has 1 aliphatic rings. The smallest absolute Gasteiger partial charge is 0.225 e. The molecule has 1 aromatic heterocycles. The Balaban J connectivity index is 1.84. The van der Waals surface area contributed by atoms with Gasteiger partial charge in [-0.05, 0) is 43.3 Å². The minimum Gasteiger partial charge on any atom is -0.471 e. The van der Waals surface area contributed by atoms with Gasteiger partial charge in [0.2, 0.25) is 5.78 Å². The minimum atomic E-state index is -1.46. The van der Waals surface area contributed by atoms with E-state index in [0.717, 1.165) is 10.9 Å². The molecule has 3 aromatic rings. The van der Waals surface area contributed by atoms with E-state index < -0.39 is 17.2 Å². The van der Waals surface area contributed by atoms with Gasteiger partial charge in [-0.3, -0.25) is 4.79 Å². The van der Waals surface area contributed by atoms with Gasteiger partial charge in [-0.15, -0.1) is 0 Å². The topological polar surface area (TPSA) is 65.9 Å². The van der Waals surface area contributed by atoms with Gasteiger partial charge in [-0.25, -0.2) is 4.39 Å². The lowest BCUT2D eigenvalue weighted by molar-refractivity contribution is -0.128. The van der Waals surface area contributed by atoms with Gasteiger partial charge >= 0.3 is 0 Å². The molecule has 1 atom stereocenters. The highest BCUT2D eigenvalue weighted by Crippen LogP contribution is 2.43. The molecule has 0 spiro atoms. The fourth-order valence-corrected chi connectivity index (χ4v) is 3.32. The molecule has 0 bridgehead atoms. The first kappa shape index (κ1) is 16.4. The summed E-state index contributed by atoms with van der Waals surface area (Å²) < 4.78 is 19.6. The predicted octanol–water partition coefficient (Wildman–Crippen LogP) is 4.71. The highest BCUT2D eigenvalue weighted by molar-refractivity contribution is 6.31. The van der Waals surface area contributed by atoms with E-state index in [1.807, 2.05) is 6.07 Å². The summed E-state index contributed by atoms with van der Waals surface area (Å²) in [7, 11) is 0. The summed E-state index contributed by atoms with van der Waals surface area (Å²) in [6, 6.07) is 14.6. The number of ketones is 1. The number of aromatic nitrogens is 1. The van der Waals surface area contributed by atoms with Crippen LogP contribution in [-0.2, 0) is 15.1 Å². The highest BCUT2D eigenvalue weighted by Gasteiger charge is 2.48. The van der Waals surface area contributed by atoms with E-state index in [9.17, 15) is 14.4 Å². The molecule has 0 fully saturated rings. The normalized spacial score (nSPS) is 19.7. The van der Waals surface area contributed by atoms with Crippen molar-refractivity contribution in [1.82, 2.24) is 4.98 Å². The Labute approximate surface area is 153 Å². The number of Topliss-reactive ketones (excluding diaryl/α,β-unsaturated/α-hetero) is 1. The van der Waals surface area contributed by atoms with Gasteiger partial charge in [0, 0.05) is 21.5 Å². The van der Waals surface area contributed by atoms with Gasteiger partial charge in [-0.2, -0.15) is 5.26 Å². The number of fused-ring (bicyclic) bond motifs is 1. The van der Waals surface area contributed by atoms with Gasteiger partial charge in [0.15, 0.2) is 11.4 Å². The maximum Gasteiger partial charge on any atom is 0.225 e. The molecule has 128 valence electrons. The molecule has 2 heterocycles. The maximum atomic E-state index is 13.6. The number of hydrogen-bond acceptors (Lipinski definition) is 3. The molecule has 0 aliphatic carbocycles. The van der Waals surface area contributed by atoms with Crippen molar-refractivity contribution < 1.29 is 13.9 Å². The zero-order valence-corrected chi connectivity index (χ0v) is 14.4. The molecule has 6 heteroatoms. The van der Waals surface area contributed by atoms with Gasteiger partial charge in [0.05, 0.1) is 5.69 Å². The molecular formula is C20H12ClFN2O2. The Kier molecular flexibility index (Phi) is 3.60. The third-order valence-electron chi connectivity index (χ3n) is 4.51. The Morgan fingerprint density at radius 3 is 2.77 bits per heavy atom. The van der Waals surface area contributed by atoms with Crippen LogP contribution >= 0.6 is 11.6 Å². The van der Waals surface area contributed by atoms with Crippen LogP contribution in [0.1, 0.15) is 18.2 Å². The largest absolute Gasteiger partial charge is 0.471 e. The summed E-state index contributed by atoms with van der Waals surface area (Å²) in [6.45, 7) is 1.54. The number of nitriles is 1. The zero-order valence-electron chi connectivity index (χ0n) is 13.6. The Bertz CT molecular complexity index is 1140. The van der Waals surface area contributed by atoms with Crippen LogP contribution < -0.4 is 0 Å². The van der Waals surface area contributed by atoms with Crippen LogP contribution in [0, 0.1) is 17.1 Å². The van der Waals surface area contributed by atoms with Crippen LogP contribution in [-0.4, -0.2) is 10.8 Å². The summed E-state index contributed by atoms with van der Waals surface area (Å²) in [5.41, 5.74) is 0.0768. The van der Waals surface area contributed by atoms with Crippen molar-refractivity contribution in [3.05, 3.63) is 76.2 Å². The molecule has 1 aliphatic heterocycles. The lowest BCUT2D eigenvalue weighted by Crippen LogP contribution is -2.30. The molecular weight excluding hydrogens is 355 g/mol. The summed E-state index contributed by atoms with van der Waals surface area (Å²) >= 11 is 6.01. The monoisotopic (exact) mass is 366 g/mol. The second kappa shape index (κ2) is 5.72. The molecule has 2 aromatic carbocycles. The molecule has 0 saturated heterocycles. The van der Waals surface area contributed by atoms with Gasteiger partial charge in [0.25, 0.3) is 0 Å². The number of rotatable bonds is 2. The first-order valence-corrected chi connectivity index (χ1v) is 8.23. The average molecular weight is 367 g/mol. The Morgan fingerprint density at radius 2 is 2.04 bits per heavy atom. The van der Waals surface area contributed by atoms with E-state index >= 15 is 0 Å². The highest BCUT2D eigenvalue weighted by atomic mass is 35.5. The molecule has 26 heavy (non-hydrogen) atoms. The second-order valence-electron chi connectivity index (χ2n) is 6.21. The van der Waals surface area contributed by atoms with Crippen molar-refractivity contribution in [3.8, 4) is 6.07 Å². The number of halogens is 2. The van der Waals surface area contributed by atoms with Crippen LogP contribution in [0.5, 0.6) is 0 Å². The predicted molar refractivity (Wildman–Crippen MR) is 95.7 cm³/mol. The fraction of sp³-hybridized carbons (Fsp3) is 0.100. The van der Waals surface area contributed by atoms with Crippen molar-refractivity contribution in [3.63, 3.8) is 0 Å². The fourth-order valence-electron chi connectivity index (χ4n) is 3.14. The third kappa shape index (κ3) is 2.39. The van der Waals surface area contributed by atoms with Crippen LogP contribution in [0.2, 0.25) is 5.02 Å². The van der Waals surface area contributed by atoms with Crippen LogP contribution in [0.3, 0.4) is 0 Å². The number of nitrogens with zero attached hydrogens (tertiary/aromatic N) is 1. The van der Waals surface area contributed by atoms with Crippen molar-refractivity contribution in [2.24, 2.45) is 0 Å². The first-order chi connectivity index (χ1) is 12.4. The first-order valence-electron chi connectivity index (χ1n) is 7.85. The Hall–Kier alpha value is -3.10. The Morgan fingerprint density at radius 1 is 1.23 bits per heavy atom. The molecule has 0 amide bonds. The average Bonchev–Trinajstić information content (AvgIpc) is 3.14. The van der Waals surface area contributed by atoms with E-state index in [1.54, 1.807) is 30.3 Å². The van der Waals surface area contributed by atoms with Crippen molar-refractivity contribution in [2.45, 2.75) is 12.5 Å². The summed E-state index contributed by atoms with van der Waals surface area (Å²) in [5, 5.41) is 10.9. The van der Waals surface area contributed by atoms with Crippen molar-refractivity contribution in [1.29, 1.82) is 5.26 Å². The second-order valence-corrected chi connectivity index (χ2v) is 6.64. The number of carbonyl (C=O) groups excluding carboxylic acids is 1. The van der Waals surface area contributed by atoms with E-state index in [0.29, 0.717) is 16.3 Å². The van der Waals surface area contributed by atoms with E-state index in [2.05, 4.69) is 4.98 Å². The molecule has 0 radical (unpaired) electrons. The van der Waals surface area contributed by atoms with Gasteiger partial charge < -0.3 is 9.72 Å². The quantitative estimate of drug-likeness (QED) is 0.714. The van der Waals surface area contributed by atoms with Crippen LogP contribution in [0.4, 0.5) is 4.39 Å². The maximum absolute atomic E-state index is 13.6. The number of carbonyl (C=O) groups is 1.